The first-order valence-corrected chi connectivity index (χ1v) is 18.7. The lowest BCUT2D eigenvalue weighted by Gasteiger charge is -2.30. The fourth-order valence-corrected chi connectivity index (χ4v) is 8.14. The summed E-state index contributed by atoms with van der Waals surface area (Å²) in [7, 11) is -3.91. The molecule has 0 aromatic heterocycles. The summed E-state index contributed by atoms with van der Waals surface area (Å²) in [6, 6.07) is 4.19. The van der Waals surface area contributed by atoms with Gasteiger partial charge in [-0.05, 0) is 77.0 Å². The van der Waals surface area contributed by atoms with E-state index in [1.165, 1.54) is 4.90 Å². The number of allylic oxidation sites excluding steroid dienone is 1. The maximum absolute atomic E-state index is 14.3. The van der Waals surface area contributed by atoms with Crippen molar-refractivity contribution in [3.05, 3.63) is 47.0 Å². The summed E-state index contributed by atoms with van der Waals surface area (Å²) in [5.74, 6) is -2.69. The lowest BCUT2D eigenvalue weighted by Crippen LogP contribution is -2.58. The van der Waals surface area contributed by atoms with E-state index in [1.807, 2.05) is 12.2 Å². The van der Waals surface area contributed by atoms with Gasteiger partial charge >= 0.3 is 6.09 Å². The molecule has 3 fully saturated rings. The van der Waals surface area contributed by atoms with Crippen LogP contribution in [-0.2, 0) is 29.1 Å². The summed E-state index contributed by atoms with van der Waals surface area (Å²) >= 11 is 6.13. The first-order chi connectivity index (χ1) is 22.9. The molecule has 1 aromatic rings. The summed E-state index contributed by atoms with van der Waals surface area (Å²) in [5, 5.41) is 25.8. The standard InChI is InChI=1S/C34H46ClN5O8S/c1-32(2,3)48-31(44)37-26-13-8-6-4-5-7-11-22-17-34(22,30(43)39-49(46,47)24-14-15-24)38-28(41)27-19-33(45,20-40(27)29(26)42)18-25(36)21-10-9-12-23(35)16-21/h7,9-12,16,22,24,26-27,36,45H,4-6,8,13-15,17-20H2,1-3H3,(H,37,44)(H,38,41)(H,39,43)/b11-7-,36-25?/t22-,26+,27+,33-,34-/m1/s1. The van der Waals surface area contributed by atoms with E-state index in [2.05, 4.69) is 15.4 Å². The molecule has 2 aliphatic carbocycles. The van der Waals surface area contributed by atoms with Gasteiger partial charge in [-0.3, -0.25) is 19.1 Å². The number of nitrogens with zero attached hydrogens (tertiary/aromatic N) is 1. The second-order valence-corrected chi connectivity index (χ2v) is 17.2. The summed E-state index contributed by atoms with van der Waals surface area (Å²) in [6.07, 6.45) is 6.46. The second-order valence-electron chi connectivity index (χ2n) is 14.8. The minimum atomic E-state index is -3.91. The number of aliphatic hydroxyl groups is 1. The van der Waals surface area contributed by atoms with Gasteiger partial charge in [0.25, 0.3) is 5.91 Å². The van der Waals surface area contributed by atoms with Crippen LogP contribution in [0.1, 0.15) is 90.5 Å². The number of ether oxygens (including phenoxy) is 1. The predicted molar refractivity (Wildman–Crippen MR) is 182 cm³/mol. The van der Waals surface area contributed by atoms with Crippen LogP contribution in [0, 0.1) is 11.3 Å². The maximum atomic E-state index is 14.3. The summed E-state index contributed by atoms with van der Waals surface area (Å²) in [6.45, 7) is 4.75. The summed E-state index contributed by atoms with van der Waals surface area (Å²) in [5.41, 5.74) is -3.62. The third-order valence-electron chi connectivity index (χ3n) is 9.36. The van der Waals surface area contributed by atoms with Gasteiger partial charge < -0.3 is 30.8 Å². The highest BCUT2D eigenvalue weighted by Crippen LogP contribution is 2.46. The molecule has 4 aliphatic rings. The number of nitrogens with one attached hydrogen (secondary N) is 4. The van der Waals surface area contributed by atoms with Crippen LogP contribution in [0.25, 0.3) is 0 Å². The highest BCUT2D eigenvalue weighted by atomic mass is 35.5. The largest absolute Gasteiger partial charge is 0.444 e. The molecule has 1 aromatic carbocycles. The molecule has 1 saturated heterocycles. The van der Waals surface area contributed by atoms with E-state index in [0.29, 0.717) is 36.3 Å². The van der Waals surface area contributed by atoms with Gasteiger partial charge in [-0.1, -0.05) is 48.7 Å². The average Bonchev–Trinajstić information content (AvgIpc) is 3.92. The molecule has 0 bridgehead atoms. The normalized spacial score (nSPS) is 30.1. The van der Waals surface area contributed by atoms with Crippen LogP contribution < -0.4 is 15.4 Å². The molecule has 5 rings (SSSR count). The van der Waals surface area contributed by atoms with Crippen molar-refractivity contribution in [1.82, 2.24) is 20.3 Å². The molecule has 13 nitrogen and oxygen atoms in total. The minimum absolute atomic E-state index is 0.0394. The maximum Gasteiger partial charge on any atom is 0.408 e. The Hall–Kier alpha value is -3.49. The van der Waals surface area contributed by atoms with Gasteiger partial charge in [0, 0.05) is 29.5 Å². The molecule has 15 heteroatoms. The Bertz CT molecular complexity index is 1640. The Morgan fingerprint density at radius 2 is 1.88 bits per heavy atom. The first-order valence-electron chi connectivity index (χ1n) is 16.8. The Labute approximate surface area is 292 Å². The van der Waals surface area contributed by atoms with E-state index >= 15 is 0 Å². The number of benzene rings is 1. The van der Waals surface area contributed by atoms with Gasteiger partial charge in [0.1, 0.15) is 23.2 Å². The third-order valence-corrected chi connectivity index (χ3v) is 11.4. The van der Waals surface area contributed by atoms with Crippen molar-refractivity contribution in [1.29, 1.82) is 5.41 Å². The van der Waals surface area contributed by atoms with Gasteiger partial charge in [-0.15, -0.1) is 0 Å². The molecule has 2 heterocycles. The molecule has 0 spiro atoms. The van der Waals surface area contributed by atoms with Gasteiger partial charge in [0.2, 0.25) is 21.8 Å². The molecule has 0 unspecified atom stereocenters. The number of halogens is 1. The molecule has 5 atom stereocenters. The monoisotopic (exact) mass is 719 g/mol. The first kappa shape index (κ1) is 36.8. The number of fused-ring (bicyclic) bond motifs is 2. The number of alkyl carbamates (subject to hydrolysis) is 1. The second kappa shape index (κ2) is 14.0. The van der Waals surface area contributed by atoms with Crippen molar-refractivity contribution in [3.63, 3.8) is 0 Å². The van der Waals surface area contributed by atoms with Gasteiger partial charge in [0.15, 0.2) is 0 Å². The number of sulfonamides is 1. The van der Waals surface area contributed by atoms with E-state index in [9.17, 15) is 32.7 Å². The topological polar surface area (TPSA) is 195 Å². The van der Waals surface area contributed by atoms with Crippen molar-refractivity contribution in [2.75, 3.05) is 6.54 Å². The quantitative estimate of drug-likeness (QED) is 0.209. The molecule has 2 saturated carbocycles. The fraction of sp³-hybridized carbons (Fsp3) is 0.618. The molecular formula is C34H46ClN5O8S. The lowest BCUT2D eigenvalue weighted by molar-refractivity contribution is -0.141. The number of hydrogen-bond donors (Lipinski definition) is 5. The van der Waals surface area contributed by atoms with Crippen molar-refractivity contribution in [3.8, 4) is 0 Å². The van der Waals surface area contributed by atoms with Crippen molar-refractivity contribution < 1.29 is 37.4 Å². The third kappa shape index (κ3) is 9.01. The predicted octanol–water partition coefficient (Wildman–Crippen LogP) is 3.33. The van der Waals surface area contributed by atoms with Crippen LogP contribution in [0.15, 0.2) is 36.4 Å². The molecule has 268 valence electrons. The van der Waals surface area contributed by atoms with Crippen LogP contribution in [0.5, 0.6) is 0 Å². The zero-order chi connectivity index (χ0) is 35.8. The van der Waals surface area contributed by atoms with E-state index in [0.717, 1.165) is 12.8 Å². The Balaban J connectivity index is 1.46. The SMILES string of the molecule is CC(C)(C)OC(=O)N[C@H]1CCCCC/C=C\[C@@H]2C[C@@]2(C(=O)NS(=O)(=O)C2CC2)NC(=O)[C@@H]2C[C@](O)(CC(=N)c3cccc(Cl)c3)CN2C1=O. The smallest absolute Gasteiger partial charge is 0.408 e. The zero-order valence-electron chi connectivity index (χ0n) is 28.1. The lowest BCUT2D eigenvalue weighted by atomic mass is 9.90. The average molecular weight is 720 g/mol. The summed E-state index contributed by atoms with van der Waals surface area (Å²) < 4.78 is 33.1. The van der Waals surface area contributed by atoms with Crippen LogP contribution in [0.3, 0.4) is 0 Å². The van der Waals surface area contributed by atoms with Crippen molar-refractivity contribution in [2.45, 2.75) is 119 Å². The number of carbonyl (C=O) groups excluding carboxylic acids is 4. The molecular weight excluding hydrogens is 674 g/mol. The summed E-state index contributed by atoms with van der Waals surface area (Å²) in [4.78, 5) is 56.1. The van der Waals surface area contributed by atoms with Crippen molar-refractivity contribution in [2.24, 2.45) is 5.92 Å². The van der Waals surface area contributed by atoms with Gasteiger partial charge in [-0.25, -0.2) is 13.2 Å². The highest BCUT2D eigenvalue weighted by molar-refractivity contribution is 7.91. The van der Waals surface area contributed by atoms with Crippen LogP contribution in [0.4, 0.5) is 4.79 Å². The molecule has 2 aliphatic heterocycles. The Morgan fingerprint density at radius 3 is 2.55 bits per heavy atom. The Morgan fingerprint density at radius 1 is 1.14 bits per heavy atom. The highest BCUT2D eigenvalue weighted by Gasteiger charge is 2.62. The molecule has 0 radical (unpaired) electrons. The number of amides is 4. The van der Waals surface area contributed by atoms with Crippen LogP contribution >= 0.6 is 11.6 Å². The number of rotatable bonds is 7. The Kier molecular flexibility index (Phi) is 10.5. The van der Waals surface area contributed by atoms with E-state index in [-0.39, 0.29) is 37.9 Å². The minimum Gasteiger partial charge on any atom is -0.444 e. The number of hydrogen-bond acceptors (Lipinski definition) is 9. The molecule has 4 amide bonds. The fourth-order valence-electron chi connectivity index (χ4n) is 6.59. The zero-order valence-corrected chi connectivity index (χ0v) is 29.7. The number of carbonyl (C=O) groups is 4. The van der Waals surface area contributed by atoms with Crippen LogP contribution in [0.2, 0.25) is 5.02 Å². The van der Waals surface area contributed by atoms with E-state index in [4.69, 9.17) is 21.7 Å². The molecule has 49 heavy (non-hydrogen) atoms. The van der Waals surface area contributed by atoms with E-state index in [1.54, 1.807) is 45.0 Å². The van der Waals surface area contributed by atoms with Crippen LogP contribution in [-0.4, -0.2) is 88.6 Å². The van der Waals surface area contributed by atoms with E-state index < -0.39 is 73.8 Å². The van der Waals surface area contributed by atoms with Gasteiger partial charge in [0.05, 0.1) is 17.4 Å². The molecule has 5 N–H and O–H groups in total. The van der Waals surface area contributed by atoms with Crippen molar-refractivity contribution >= 4 is 51.2 Å². The van der Waals surface area contributed by atoms with Gasteiger partial charge in [-0.2, -0.15) is 0 Å².